The Morgan fingerprint density at radius 2 is 1.07 bits per heavy atom. The van der Waals surface area contributed by atoms with Crippen molar-refractivity contribution >= 4 is 23.8 Å². The number of carbonyl (C=O) groups excluding carboxylic acids is 1. The van der Waals surface area contributed by atoms with Crippen molar-refractivity contribution in [3.05, 3.63) is 60.2 Å². The quantitative estimate of drug-likeness (QED) is 0.183. The van der Waals surface area contributed by atoms with Gasteiger partial charge in [-0.3, -0.25) is 48.7 Å². The summed E-state index contributed by atoms with van der Waals surface area (Å²) in [4.78, 5) is 65.6. The van der Waals surface area contributed by atoms with Gasteiger partial charge < -0.3 is 25.5 Å². The summed E-state index contributed by atoms with van der Waals surface area (Å²) in [5.74, 6) is -3.07. The first kappa shape index (κ1) is 36.4. The molecule has 15 nitrogen and oxygen atoms in total. The maximum absolute atomic E-state index is 12.9. The van der Waals surface area contributed by atoms with Crippen molar-refractivity contribution in [2.24, 2.45) is 0 Å². The average Bonchev–Trinajstić information content (AvgIpc) is 3.01. The Morgan fingerprint density at radius 3 is 1.43 bits per heavy atom. The first-order valence-electron chi connectivity index (χ1n) is 15.5. The van der Waals surface area contributed by atoms with Crippen molar-refractivity contribution in [1.82, 2.24) is 39.8 Å². The molecule has 252 valence electrons. The molecule has 1 aliphatic rings. The number of aromatic nitrogens is 2. The summed E-state index contributed by atoms with van der Waals surface area (Å²) in [7, 11) is 0. The number of nitrogens with one attached hydrogen (secondary N) is 1. The Bertz CT molecular complexity index is 1150. The first-order chi connectivity index (χ1) is 22.2. The molecule has 2 aromatic heterocycles. The highest BCUT2D eigenvalue weighted by molar-refractivity contribution is 5.76. The molecular formula is C31H46N8O7. The number of carboxylic acid groups (broad SMARTS) is 3. The molecule has 1 amide bonds. The summed E-state index contributed by atoms with van der Waals surface area (Å²) in [6.07, 6.45) is 3.73. The highest BCUT2D eigenvalue weighted by Crippen LogP contribution is 2.07. The van der Waals surface area contributed by atoms with Gasteiger partial charge in [-0.15, -0.1) is 0 Å². The van der Waals surface area contributed by atoms with E-state index in [1.165, 1.54) is 0 Å². The summed E-state index contributed by atoms with van der Waals surface area (Å²) in [5, 5.41) is 31.2. The van der Waals surface area contributed by atoms with Gasteiger partial charge in [0, 0.05) is 104 Å². The zero-order valence-corrected chi connectivity index (χ0v) is 26.2. The fourth-order valence-electron chi connectivity index (χ4n) is 5.21. The molecule has 0 atom stereocenters. The molecule has 3 heterocycles. The lowest BCUT2D eigenvalue weighted by atomic mass is 10.2. The number of aliphatic carboxylic acids is 3. The van der Waals surface area contributed by atoms with Crippen molar-refractivity contribution in [2.75, 3.05) is 91.6 Å². The highest BCUT2D eigenvalue weighted by Gasteiger charge is 2.20. The van der Waals surface area contributed by atoms with E-state index in [1.807, 2.05) is 41.3 Å². The van der Waals surface area contributed by atoms with E-state index in [9.17, 15) is 34.5 Å². The van der Waals surface area contributed by atoms with Gasteiger partial charge in [0.05, 0.1) is 31.0 Å². The Labute approximate surface area is 269 Å². The molecule has 0 saturated carbocycles. The van der Waals surface area contributed by atoms with Crippen LogP contribution in [0.15, 0.2) is 48.8 Å². The van der Waals surface area contributed by atoms with Crippen LogP contribution in [-0.2, 0) is 32.3 Å². The van der Waals surface area contributed by atoms with Gasteiger partial charge in [-0.05, 0) is 24.3 Å². The van der Waals surface area contributed by atoms with Crippen molar-refractivity contribution in [3.63, 3.8) is 0 Å². The third-order valence-corrected chi connectivity index (χ3v) is 7.64. The number of pyridine rings is 2. The predicted octanol–water partition coefficient (Wildman–Crippen LogP) is -0.539. The van der Waals surface area contributed by atoms with E-state index in [0.717, 1.165) is 11.4 Å². The standard InChI is InChI=1S/C31H46N8O7/c40-28(34-10-12-39(21-26-5-1-3-8-32-26)22-27-6-2-4-9-33-27)7-11-35-13-15-36(23-29(41)42)17-19-38(25-31(45)46)20-18-37(16-14-35)24-30(43)44/h1-6,8-9H,7,10-25H2,(H,34,40)(H,41,42)(H,43,44)(H,45,46). The number of hydrogen-bond acceptors (Lipinski definition) is 11. The van der Waals surface area contributed by atoms with Crippen LogP contribution in [-0.4, -0.2) is 165 Å². The van der Waals surface area contributed by atoms with E-state index < -0.39 is 17.9 Å². The van der Waals surface area contributed by atoms with Crippen LogP contribution in [0.25, 0.3) is 0 Å². The van der Waals surface area contributed by atoms with Gasteiger partial charge in [-0.1, -0.05) is 12.1 Å². The molecule has 0 bridgehead atoms. The Hall–Kier alpha value is -4.02. The second kappa shape index (κ2) is 20.2. The topological polar surface area (TPSA) is 183 Å². The molecule has 1 saturated heterocycles. The lowest BCUT2D eigenvalue weighted by molar-refractivity contribution is -0.140. The fraction of sp³-hybridized carbons (Fsp3) is 0.548. The summed E-state index contributed by atoms with van der Waals surface area (Å²) in [6, 6.07) is 11.5. The summed E-state index contributed by atoms with van der Waals surface area (Å²) in [6.45, 7) is 5.20. The molecule has 1 fully saturated rings. The molecule has 15 heteroatoms. The summed E-state index contributed by atoms with van der Waals surface area (Å²) < 4.78 is 0. The maximum atomic E-state index is 12.9. The van der Waals surface area contributed by atoms with Crippen LogP contribution in [0.4, 0.5) is 0 Å². The Balaban J connectivity index is 1.56. The number of hydrogen-bond donors (Lipinski definition) is 4. The second-order valence-corrected chi connectivity index (χ2v) is 11.3. The first-order valence-corrected chi connectivity index (χ1v) is 15.5. The summed E-state index contributed by atoms with van der Waals surface area (Å²) in [5.41, 5.74) is 1.84. The van der Waals surface area contributed by atoms with Gasteiger partial charge in [0.1, 0.15) is 0 Å². The van der Waals surface area contributed by atoms with Gasteiger partial charge in [0.25, 0.3) is 0 Å². The molecule has 0 unspecified atom stereocenters. The van der Waals surface area contributed by atoms with Crippen molar-refractivity contribution in [1.29, 1.82) is 0 Å². The number of amides is 1. The molecule has 0 radical (unpaired) electrons. The average molecular weight is 643 g/mol. The molecule has 4 N–H and O–H groups in total. The molecule has 0 spiro atoms. The van der Waals surface area contributed by atoms with E-state index in [4.69, 9.17) is 0 Å². The van der Waals surface area contributed by atoms with Crippen LogP contribution < -0.4 is 5.32 Å². The molecule has 2 aromatic rings. The molecule has 46 heavy (non-hydrogen) atoms. The van der Waals surface area contributed by atoms with Crippen molar-refractivity contribution in [2.45, 2.75) is 19.5 Å². The maximum Gasteiger partial charge on any atom is 0.317 e. The van der Waals surface area contributed by atoms with Crippen LogP contribution in [0.3, 0.4) is 0 Å². The van der Waals surface area contributed by atoms with Crippen LogP contribution >= 0.6 is 0 Å². The van der Waals surface area contributed by atoms with E-state index >= 15 is 0 Å². The zero-order chi connectivity index (χ0) is 33.1. The normalized spacial score (nSPS) is 16.4. The third kappa shape index (κ3) is 15.3. The molecule has 3 rings (SSSR count). The van der Waals surface area contributed by atoms with Gasteiger partial charge in [0.2, 0.25) is 5.91 Å². The minimum absolute atomic E-state index is 0.115. The monoisotopic (exact) mass is 642 g/mol. The van der Waals surface area contributed by atoms with E-state index in [2.05, 4.69) is 20.2 Å². The molecule has 1 aliphatic heterocycles. The number of carboxylic acids is 3. The van der Waals surface area contributed by atoms with Crippen LogP contribution in [0.1, 0.15) is 17.8 Å². The lowest BCUT2D eigenvalue weighted by Crippen LogP contribution is -2.48. The highest BCUT2D eigenvalue weighted by atomic mass is 16.4. The predicted molar refractivity (Wildman–Crippen MR) is 169 cm³/mol. The number of nitrogens with zero attached hydrogens (tertiary/aromatic N) is 7. The third-order valence-electron chi connectivity index (χ3n) is 7.64. The van der Waals surface area contributed by atoms with Crippen molar-refractivity contribution < 1.29 is 34.5 Å². The van der Waals surface area contributed by atoms with Crippen LogP contribution in [0.5, 0.6) is 0 Å². The molecule has 0 aliphatic carbocycles. The lowest BCUT2D eigenvalue weighted by Gasteiger charge is -2.33. The Kier molecular flexibility index (Phi) is 16.0. The van der Waals surface area contributed by atoms with Gasteiger partial charge >= 0.3 is 17.9 Å². The van der Waals surface area contributed by atoms with Gasteiger partial charge in [0.15, 0.2) is 0 Å². The minimum Gasteiger partial charge on any atom is -0.480 e. The summed E-state index contributed by atoms with van der Waals surface area (Å²) >= 11 is 0. The van der Waals surface area contributed by atoms with Gasteiger partial charge in [-0.25, -0.2) is 0 Å². The fourth-order valence-corrected chi connectivity index (χ4v) is 5.21. The zero-order valence-electron chi connectivity index (χ0n) is 26.2. The number of carbonyl (C=O) groups is 4. The van der Waals surface area contributed by atoms with E-state index in [0.29, 0.717) is 85.1 Å². The molecular weight excluding hydrogens is 596 g/mol. The SMILES string of the molecule is O=C(O)CN1CCN(CCC(=O)NCCN(Cc2ccccn2)Cc2ccccn2)CCN(CC(=O)O)CCN(CC(=O)O)CC1. The second-order valence-electron chi connectivity index (χ2n) is 11.3. The minimum atomic E-state index is -1.000. The van der Waals surface area contributed by atoms with Crippen LogP contribution in [0, 0.1) is 0 Å². The van der Waals surface area contributed by atoms with Gasteiger partial charge in [-0.2, -0.15) is 0 Å². The Morgan fingerprint density at radius 1 is 0.652 bits per heavy atom. The smallest absolute Gasteiger partial charge is 0.317 e. The largest absolute Gasteiger partial charge is 0.480 e. The van der Waals surface area contributed by atoms with E-state index in [-0.39, 0.29) is 32.0 Å². The molecule has 0 aromatic carbocycles. The van der Waals surface area contributed by atoms with Crippen LogP contribution in [0.2, 0.25) is 0 Å². The number of rotatable bonds is 16. The van der Waals surface area contributed by atoms with E-state index in [1.54, 1.807) is 27.1 Å². The van der Waals surface area contributed by atoms with Crippen molar-refractivity contribution in [3.8, 4) is 0 Å².